The maximum atomic E-state index is 11.2. The maximum Gasteiger partial charge on any atom is 0.339 e. The van der Waals surface area contributed by atoms with Gasteiger partial charge in [0.15, 0.2) is 0 Å². The van der Waals surface area contributed by atoms with E-state index in [1.54, 1.807) is 24.3 Å². The fraction of sp³-hybridized carbons (Fsp3) is 0.632. The van der Waals surface area contributed by atoms with Gasteiger partial charge in [0.1, 0.15) is 17.9 Å². The third-order valence-corrected chi connectivity index (χ3v) is 5.16. The predicted octanol–water partition coefficient (Wildman–Crippen LogP) is 3.04. The third kappa shape index (κ3) is 4.48. The number of benzene rings is 1. The van der Waals surface area contributed by atoms with Crippen molar-refractivity contribution in [2.45, 2.75) is 38.2 Å². The van der Waals surface area contributed by atoms with Gasteiger partial charge in [-0.3, -0.25) is 4.90 Å². The molecule has 1 atom stereocenters. The van der Waals surface area contributed by atoms with E-state index in [4.69, 9.17) is 14.6 Å². The van der Waals surface area contributed by atoms with E-state index in [1.165, 1.54) is 32.1 Å². The molecule has 0 bridgehead atoms. The number of hydrogen-bond acceptors (Lipinski definition) is 4. The molecule has 24 heavy (non-hydrogen) atoms. The molecule has 2 heterocycles. The summed E-state index contributed by atoms with van der Waals surface area (Å²) in [6, 6.07) is 6.81. The smallest absolute Gasteiger partial charge is 0.339 e. The molecule has 0 aromatic heterocycles. The Labute approximate surface area is 143 Å². The standard InChI is InChI=1S/C19H27NO4/c21-19(22)16-5-1-2-7-18(16)24-14-12-20-10-8-15(9-11-20)17-6-3-4-13-23-17/h1-2,5,7,15,17H,3-4,6,8-14H2,(H,21,22). The number of carbonyl (C=O) groups is 1. The van der Waals surface area contributed by atoms with Crippen LogP contribution in [0.1, 0.15) is 42.5 Å². The average Bonchev–Trinajstić information content (AvgIpc) is 2.63. The van der Waals surface area contributed by atoms with Crippen molar-refractivity contribution in [2.75, 3.05) is 32.8 Å². The molecule has 1 N–H and O–H groups in total. The number of rotatable bonds is 6. The van der Waals surface area contributed by atoms with E-state index in [-0.39, 0.29) is 5.56 Å². The highest BCUT2D eigenvalue weighted by atomic mass is 16.5. The van der Waals surface area contributed by atoms with Gasteiger partial charge in [-0.1, -0.05) is 12.1 Å². The molecule has 5 nitrogen and oxygen atoms in total. The molecule has 2 aliphatic rings. The van der Waals surface area contributed by atoms with Crippen molar-refractivity contribution in [2.24, 2.45) is 5.92 Å². The van der Waals surface area contributed by atoms with E-state index in [0.717, 1.165) is 26.2 Å². The zero-order valence-corrected chi connectivity index (χ0v) is 14.2. The van der Waals surface area contributed by atoms with Gasteiger partial charge >= 0.3 is 5.97 Å². The highest BCUT2D eigenvalue weighted by Crippen LogP contribution is 2.28. The zero-order chi connectivity index (χ0) is 16.8. The van der Waals surface area contributed by atoms with Crippen molar-refractivity contribution in [3.05, 3.63) is 29.8 Å². The van der Waals surface area contributed by atoms with Crippen molar-refractivity contribution >= 4 is 5.97 Å². The minimum Gasteiger partial charge on any atom is -0.491 e. The van der Waals surface area contributed by atoms with Crippen molar-refractivity contribution in [1.29, 1.82) is 0 Å². The SMILES string of the molecule is O=C(O)c1ccccc1OCCN1CCC(C2CCCCO2)CC1. The summed E-state index contributed by atoms with van der Waals surface area (Å²) in [5.74, 6) is 0.213. The number of likely N-dealkylation sites (tertiary alicyclic amines) is 1. The number of carboxylic acid groups (broad SMARTS) is 1. The van der Waals surface area contributed by atoms with Crippen LogP contribution in [0.2, 0.25) is 0 Å². The largest absolute Gasteiger partial charge is 0.491 e. The fourth-order valence-electron chi connectivity index (χ4n) is 3.74. The molecule has 2 aliphatic heterocycles. The van der Waals surface area contributed by atoms with Gasteiger partial charge in [-0.2, -0.15) is 0 Å². The molecule has 1 aromatic rings. The second-order valence-corrected chi connectivity index (χ2v) is 6.73. The van der Waals surface area contributed by atoms with Crippen LogP contribution < -0.4 is 4.74 Å². The van der Waals surface area contributed by atoms with Crippen LogP contribution in [-0.2, 0) is 4.74 Å². The van der Waals surface area contributed by atoms with E-state index in [2.05, 4.69) is 4.90 Å². The van der Waals surface area contributed by atoms with E-state index in [9.17, 15) is 4.79 Å². The highest BCUT2D eigenvalue weighted by molar-refractivity contribution is 5.90. The molecular weight excluding hydrogens is 306 g/mol. The number of carboxylic acids is 1. The molecule has 0 saturated carbocycles. The second-order valence-electron chi connectivity index (χ2n) is 6.73. The first-order valence-corrected chi connectivity index (χ1v) is 9.03. The van der Waals surface area contributed by atoms with Gasteiger partial charge in [-0.05, 0) is 63.2 Å². The molecular formula is C19H27NO4. The van der Waals surface area contributed by atoms with Gasteiger partial charge in [0.25, 0.3) is 0 Å². The van der Waals surface area contributed by atoms with Gasteiger partial charge in [0.05, 0.1) is 6.10 Å². The van der Waals surface area contributed by atoms with Crippen molar-refractivity contribution < 1.29 is 19.4 Å². The van der Waals surface area contributed by atoms with Crippen LogP contribution in [-0.4, -0.2) is 54.9 Å². The molecule has 3 rings (SSSR count). The zero-order valence-electron chi connectivity index (χ0n) is 14.2. The minimum absolute atomic E-state index is 0.227. The summed E-state index contributed by atoms with van der Waals surface area (Å²) in [5.41, 5.74) is 0.227. The Hall–Kier alpha value is -1.59. The monoisotopic (exact) mass is 333 g/mol. The molecule has 2 saturated heterocycles. The van der Waals surface area contributed by atoms with Crippen LogP contribution in [0, 0.1) is 5.92 Å². The maximum absolute atomic E-state index is 11.2. The van der Waals surface area contributed by atoms with Gasteiger partial charge < -0.3 is 14.6 Å². The van der Waals surface area contributed by atoms with Crippen molar-refractivity contribution in [3.8, 4) is 5.75 Å². The molecule has 5 heteroatoms. The van der Waals surface area contributed by atoms with E-state index in [0.29, 0.717) is 24.4 Å². The van der Waals surface area contributed by atoms with E-state index in [1.807, 2.05) is 0 Å². The Kier molecular flexibility index (Phi) is 6.10. The van der Waals surface area contributed by atoms with Gasteiger partial charge in [0.2, 0.25) is 0 Å². The first-order valence-electron chi connectivity index (χ1n) is 9.03. The normalized spacial score (nSPS) is 23.1. The lowest BCUT2D eigenvalue weighted by Gasteiger charge is -2.37. The summed E-state index contributed by atoms with van der Waals surface area (Å²) in [5, 5.41) is 9.16. The van der Waals surface area contributed by atoms with Gasteiger partial charge in [-0.15, -0.1) is 0 Å². The summed E-state index contributed by atoms with van der Waals surface area (Å²) in [6.45, 7) is 4.45. The molecule has 132 valence electrons. The molecule has 0 aliphatic carbocycles. The van der Waals surface area contributed by atoms with Gasteiger partial charge in [0, 0.05) is 13.2 Å². The summed E-state index contributed by atoms with van der Waals surface area (Å²) in [4.78, 5) is 13.6. The Bertz CT molecular complexity index is 534. The predicted molar refractivity (Wildman–Crippen MR) is 91.7 cm³/mol. The second kappa shape index (κ2) is 8.49. The summed E-state index contributed by atoms with van der Waals surface area (Å²) in [6.07, 6.45) is 6.60. The van der Waals surface area contributed by atoms with Crippen LogP contribution in [0.4, 0.5) is 0 Å². The van der Waals surface area contributed by atoms with Crippen LogP contribution in [0.3, 0.4) is 0 Å². The Balaban J connectivity index is 1.40. The number of piperidine rings is 1. The molecule has 1 aromatic carbocycles. The fourth-order valence-corrected chi connectivity index (χ4v) is 3.74. The first kappa shape index (κ1) is 17.2. The third-order valence-electron chi connectivity index (χ3n) is 5.16. The topological polar surface area (TPSA) is 59.0 Å². The quantitative estimate of drug-likeness (QED) is 0.867. The van der Waals surface area contributed by atoms with Crippen molar-refractivity contribution in [1.82, 2.24) is 4.90 Å². The van der Waals surface area contributed by atoms with E-state index >= 15 is 0 Å². The van der Waals surface area contributed by atoms with Crippen LogP contribution in [0.25, 0.3) is 0 Å². The van der Waals surface area contributed by atoms with Gasteiger partial charge in [-0.25, -0.2) is 4.79 Å². The number of para-hydroxylation sites is 1. The lowest BCUT2D eigenvalue weighted by atomic mass is 9.87. The number of aromatic carboxylic acids is 1. The lowest BCUT2D eigenvalue weighted by Crippen LogP contribution is -2.41. The minimum atomic E-state index is -0.945. The molecule has 0 amide bonds. The Morgan fingerprint density at radius 1 is 1.21 bits per heavy atom. The highest BCUT2D eigenvalue weighted by Gasteiger charge is 2.28. The van der Waals surface area contributed by atoms with E-state index < -0.39 is 5.97 Å². The molecule has 0 spiro atoms. The Morgan fingerprint density at radius 2 is 2.00 bits per heavy atom. The van der Waals surface area contributed by atoms with Crippen LogP contribution in [0.15, 0.2) is 24.3 Å². The average molecular weight is 333 g/mol. The summed E-state index contributed by atoms with van der Waals surface area (Å²) < 4.78 is 11.6. The summed E-state index contributed by atoms with van der Waals surface area (Å²) >= 11 is 0. The summed E-state index contributed by atoms with van der Waals surface area (Å²) in [7, 11) is 0. The molecule has 1 unspecified atom stereocenters. The number of nitrogens with zero attached hydrogens (tertiary/aromatic N) is 1. The molecule has 2 fully saturated rings. The Morgan fingerprint density at radius 3 is 2.71 bits per heavy atom. The van der Waals surface area contributed by atoms with Crippen LogP contribution >= 0.6 is 0 Å². The first-order chi connectivity index (χ1) is 11.7. The lowest BCUT2D eigenvalue weighted by molar-refractivity contribution is -0.0382. The van der Waals surface area contributed by atoms with Crippen LogP contribution in [0.5, 0.6) is 5.75 Å². The molecule has 0 radical (unpaired) electrons. The number of ether oxygens (including phenoxy) is 2. The number of hydrogen-bond donors (Lipinski definition) is 1. The van der Waals surface area contributed by atoms with Crippen molar-refractivity contribution in [3.63, 3.8) is 0 Å².